The van der Waals surface area contributed by atoms with Crippen molar-refractivity contribution in [3.63, 3.8) is 0 Å². The second-order valence-corrected chi connectivity index (χ2v) is 4.95. The van der Waals surface area contributed by atoms with E-state index in [2.05, 4.69) is 10.1 Å². The number of nitrogens with one attached hydrogen (secondary N) is 2. The molecule has 0 fully saturated rings. The van der Waals surface area contributed by atoms with Crippen LogP contribution in [-0.2, 0) is 16.1 Å². The summed E-state index contributed by atoms with van der Waals surface area (Å²) in [4.78, 5) is 34.6. The SMILES string of the molecule is O=C(COC(=O)c1ccc(Cl)cc1F)NC(=O)NCc1ccco1. The normalized spacial score (nSPS) is 10.1. The number of imide groups is 1. The van der Waals surface area contributed by atoms with Crippen molar-refractivity contribution in [3.8, 4) is 0 Å². The summed E-state index contributed by atoms with van der Waals surface area (Å²) in [6, 6.07) is 5.89. The van der Waals surface area contributed by atoms with Crippen LogP contribution in [0.1, 0.15) is 16.1 Å². The number of halogens is 2. The van der Waals surface area contributed by atoms with Gasteiger partial charge in [-0.05, 0) is 30.3 Å². The van der Waals surface area contributed by atoms with Gasteiger partial charge in [-0.2, -0.15) is 0 Å². The summed E-state index contributed by atoms with van der Waals surface area (Å²) in [7, 11) is 0. The summed E-state index contributed by atoms with van der Waals surface area (Å²) in [6.45, 7) is -0.656. The topological polar surface area (TPSA) is 97.6 Å². The van der Waals surface area contributed by atoms with E-state index in [4.69, 9.17) is 16.0 Å². The molecule has 0 atom stereocenters. The first-order chi connectivity index (χ1) is 11.5. The molecule has 1 aromatic carbocycles. The largest absolute Gasteiger partial charge is 0.467 e. The molecule has 1 heterocycles. The average molecular weight is 355 g/mol. The number of rotatable bonds is 5. The van der Waals surface area contributed by atoms with Crippen molar-refractivity contribution in [1.29, 1.82) is 0 Å². The van der Waals surface area contributed by atoms with Gasteiger partial charge in [0.05, 0.1) is 18.4 Å². The van der Waals surface area contributed by atoms with Crippen LogP contribution in [0.15, 0.2) is 41.0 Å². The lowest BCUT2D eigenvalue weighted by Crippen LogP contribution is -2.41. The molecular weight excluding hydrogens is 343 g/mol. The van der Waals surface area contributed by atoms with Crippen molar-refractivity contribution in [2.75, 3.05) is 6.61 Å². The summed E-state index contributed by atoms with van der Waals surface area (Å²) in [5, 5.41) is 4.44. The third-order valence-corrected chi connectivity index (χ3v) is 2.98. The van der Waals surface area contributed by atoms with Crippen molar-refractivity contribution in [1.82, 2.24) is 10.6 Å². The maximum Gasteiger partial charge on any atom is 0.341 e. The fraction of sp³-hybridized carbons (Fsp3) is 0.133. The van der Waals surface area contributed by atoms with Gasteiger partial charge >= 0.3 is 12.0 Å². The van der Waals surface area contributed by atoms with E-state index >= 15 is 0 Å². The molecule has 2 rings (SSSR count). The molecule has 0 saturated carbocycles. The second-order valence-electron chi connectivity index (χ2n) is 4.51. The number of benzene rings is 1. The van der Waals surface area contributed by atoms with Gasteiger partial charge in [0.25, 0.3) is 5.91 Å². The summed E-state index contributed by atoms with van der Waals surface area (Å²) in [6.07, 6.45) is 1.44. The van der Waals surface area contributed by atoms with Crippen molar-refractivity contribution >= 4 is 29.5 Å². The number of esters is 1. The maximum absolute atomic E-state index is 13.5. The van der Waals surface area contributed by atoms with E-state index in [9.17, 15) is 18.8 Å². The van der Waals surface area contributed by atoms with Crippen LogP contribution in [0.25, 0.3) is 0 Å². The molecule has 0 aliphatic carbocycles. The van der Waals surface area contributed by atoms with Gasteiger partial charge < -0.3 is 14.5 Å². The Balaban J connectivity index is 1.75. The highest BCUT2D eigenvalue weighted by Crippen LogP contribution is 2.15. The second kappa shape index (κ2) is 8.11. The van der Waals surface area contributed by atoms with E-state index < -0.39 is 30.3 Å². The van der Waals surface area contributed by atoms with E-state index in [1.807, 2.05) is 5.32 Å². The van der Waals surface area contributed by atoms with Gasteiger partial charge in [0.2, 0.25) is 0 Å². The summed E-state index contributed by atoms with van der Waals surface area (Å²) < 4.78 is 23.1. The van der Waals surface area contributed by atoms with Gasteiger partial charge in [-0.15, -0.1) is 0 Å². The number of carbonyl (C=O) groups is 3. The highest BCUT2D eigenvalue weighted by Gasteiger charge is 2.16. The Morgan fingerprint density at radius 3 is 2.71 bits per heavy atom. The molecule has 0 aliphatic rings. The van der Waals surface area contributed by atoms with Crippen LogP contribution in [-0.4, -0.2) is 24.5 Å². The van der Waals surface area contributed by atoms with E-state index in [1.165, 1.54) is 12.3 Å². The van der Waals surface area contributed by atoms with E-state index in [0.29, 0.717) is 5.76 Å². The Bertz CT molecular complexity index is 748. The molecule has 0 spiro atoms. The minimum atomic E-state index is -1.05. The number of carbonyl (C=O) groups excluding carboxylic acids is 3. The lowest BCUT2D eigenvalue weighted by atomic mass is 10.2. The fourth-order valence-corrected chi connectivity index (χ4v) is 1.81. The van der Waals surface area contributed by atoms with Crippen molar-refractivity contribution in [3.05, 3.63) is 58.8 Å². The minimum absolute atomic E-state index is 0.0852. The van der Waals surface area contributed by atoms with Gasteiger partial charge in [-0.25, -0.2) is 14.0 Å². The van der Waals surface area contributed by atoms with Crippen LogP contribution in [0.4, 0.5) is 9.18 Å². The van der Waals surface area contributed by atoms with Crippen molar-refractivity contribution < 1.29 is 27.9 Å². The van der Waals surface area contributed by atoms with Crippen LogP contribution >= 0.6 is 11.6 Å². The number of amides is 3. The average Bonchev–Trinajstić information content (AvgIpc) is 3.04. The van der Waals surface area contributed by atoms with E-state index in [0.717, 1.165) is 12.1 Å². The molecule has 0 saturated heterocycles. The number of hydrogen-bond donors (Lipinski definition) is 2. The first-order valence-electron chi connectivity index (χ1n) is 6.68. The van der Waals surface area contributed by atoms with Crippen LogP contribution < -0.4 is 10.6 Å². The number of ether oxygens (including phenoxy) is 1. The zero-order valence-electron chi connectivity index (χ0n) is 12.2. The molecule has 9 heteroatoms. The Hall–Kier alpha value is -2.87. The van der Waals surface area contributed by atoms with Crippen molar-refractivity contribution in [2.45, 2.75) is 6.54 Å². The molecule has 2 N–H and O–H groups in total. The summed E-state index contributed by atoms with van der Waals surface area (Å²) in [5.41, 5.74) is -0.366. The monoisotopic (exact) mass is 354 g/mol. The van der Waals surface area contributed by atoms with E-state index in [1.54, 1.807) is 12.1 Å². The highest BCUT2D eigenvalue weighted by atomic mass is 35.5. The zero-order valence-corrected chi connectivity index (χ0v) is 12.9. The molecule has 7 nitrogen and oxygen atoms in total. The first-order valence-corrected chi connectivity index (χ1v) is 7.05. The maximum atomic E-state index is 13.5. The lowest BCUT2D eigenvalue weighted by molar-refractivity contribution is -0.123. The number of urea groups is 1. The van der Waals surface area contributed by atoms with Gasteiger partial charge in [-0.1, -0.05) is 11.6 Å². The van der Waals surface area contributed by atoms with Crippen LogP contribution in [0, 0.1) is 5.82 Å². The van der Waals surface area contributed by atoms with Gasteiger partial charge in [0.15, 0.2) is 6.61 Å². The highest BCUT2D eigenvalue weighted by molar-refractivity contribution is 6.30. The summed E-state index contributed by atoms with van der Waals surface area (Å²) >= 11 is 5.57. The smallest absolute Gasteiger partial charge is 0.341 e. The molecule has 0 bridgehead atoms. The molecule has 3 amide bonds. The predicted molar refractivity (Wildman–Crippen MR) is 80.8 cm³/mol. The quantitative estimate of drug-likeness (QED) is 0.803. The van der Waals surface area contributed by atoms with Gasteiger partial charge in [0.1, 0.15) is 11.6 Å². The van der Waals surface area contributed by atoms with Crippen LogP contribution in [0.3, 0.4) is 0 Å². The number of hydrogen-bond acceptors (Lipinski definition) is 5. The predicted octanol–water partition coefficient (Wildman–Crippen LogP) is 2.25. The molecule has 0 aliphatic heterocycles. The van der Waals surface area contributed by atoms with Crippen molar-refractivity contribution in [2.24, 2.45) is 0 Å². The fourth-order valence-electron chi connectivity index (χ4n) is 1.65. The summed E-state index contributed by atoms with van der Waals surface area (Å²) in [5.74, 6) is -2.28. The van der Waals surface area contributed by atoms with Gasteiger partial charge in [0, 0.05) is 5.02 Å². The zero-order chi connectivity index (χ0) is 17.5. The minimum Gasteiger partial charge on any atom is -0.467 e. The third kappa shape index (κ3) is 5.10. The van der Waals surface area contributed by atoms with E-state index in [-0.39, 0.29) is 17.1 Å². The molecule has 24 heavy (non-hydrogen) atoms. The van der Waals surface area contributed by atoms with Gasteiger partial charge in [-0.3, -0.25) is 10.1 Å². The van der Waals surface area contributed by atoms with Crippen LogP contribution in [0.5, 0.6) is 0 Å². The first kappa shape index (κ1) is 17.5. The molecule has 0 unspecified atom stereocenters. The lowest BCUT2D eigenvalue weighted by Gasteiger charge is -2.07. The Labute approximate surface area is 140 Å². The molecular formula is C15H12ClFN2O5. The molecule has 2 aromatic rings. The molecule has 126 valence electrons. The third-order valence-electron chi connectivity index (χ3n) is 2.74. The molecule has 1 aromatic heterocycles. The Morgan fingerprint density at radius 1 is 1.25 bits per heavy atom. The Kier molecular flexibility index (Phi) is 5.91. The van der Waals surface area contributed by atoms with Crippen LogP contribution in [0.2, 0.25) is 5.02 Å². The molecule has 0 radical (unpaired) electrons. The Morgan fingerprint density at radius 2 is 2.04 bits per heavy atom. The number of furan rings is 1. The standard InChI is InChI=1S/C15H12ClFN2O5/c16-9-3-4-11(12(17)6-9)14(21)24-8-13(20)19-15(22)18-7-10-2-1-5-23-10/h1-6H,7-8H2,(H2,18,19,20,22).